The number of methoxy groups -OCH3 is 1. The average molecular weight is 477 g/mol. The van der Waals surface area contributed by atoms with Gasteiger partial charge in [-0.25, -0.2) is 4.79 Å². The molecule has 2 saturated heterocycles. The maximum atomic E-state index is 11.7. The fourth-order valence-corrected chi connectivity index (χ4v) is 4.70. The highest BCUT2D eigenvalue weighted by Crippen LogP contribution is 2.51. The zero-order chi connectivity index (χ0) is 25.3. The molecular formula is C25H32O9. The lowest BCUT2D eigenvalue weighted by Crippen LogP contribution is -2.66. The molecule has 2 aliphatic heterocycles. The minimum absolute atomic E-state index is 0.388. The summed E-state index contributed by atoms with van der Waals surface area (Å²) >= 11 is 0. The van der Waals surface area contributed by atoms with Crippen molar-refractivity contribution in [3.05, 3.63) is 58.2 Å². The van der Waals surface area contributed by atoms with E-state index in [1.54, 1.807) is 64.2 Å². The van der Waals surface area contributed by atoms with Gasteiger partial charge in [0.1, 0.15) is 41.0 Å². The van der Waals surface area contributed by atoms with E-state index < -0.39 is 53.3 Å². The Hall–Kier alpha value is -2.72. The highest BCUT2D eigenvalue weighted by Gasteiger charge is 2.71. The molecule has 2 fully saturated rings. The smallest absolute Gasteiger partial charge is 0.339 e. The van der Waals surface area contributed by atoms with E-state index in [2.05, 4.69) is 0 Å². The quantitative estimate of drug-likeness (QED) is 0.449. The second-order valence-electron chi connectivity index (χ2n) is 8.92. The van der Waals surface area contributed by atoms with Gasteiger partial charge >= 0.3 is 11.6 Å². The van der Waals surface area contributed by atoms with E-state index in [-0.39, 0.29) is 0 Å². The molecule has 3 rings (SSSR count). The Morgan fingerprint density at radius 3 is 2.47 bits per heavy atom. The van der Waals surface area contributed by atoms with Crippen molar-refractivity contribution in [2.45, 2.75) is 76.3 Å². The van der Waals surface area contributed by atoms with Gasteiger partial charge in [0.25, 0.3) is 0 Å². The highest BCUT2D eigenvalue weighted by molar-refractivity contribution is 5.66. The number of esters is 1. The summed E-state index contributed by atoms with van der Waals surface area (Å²) < 4.78 is 28.0. The summed E-state index contributed by atoms with van der Waals surface area (Å²) in [5.41, 5.74) is -2.22. The lowest BCUT2D eigenvalue weighted by molar-refractivity contribution is -0.236. The normalized spacial score (nSPS) is 34.2. The van der Waals surface area contributed by atoms with Crippen LogP contribution in [0.3, 0.4) is 0 Å². The number of allylic oxidation sites excluding steroid dienone is 4. The summed E-state index contributed by atoms with van der Waals surface area (Å²) in [5, 5.41) is 21.2. The Morgan fingerprint density at radius 2 is 1.85 bits per heavy atom. The van der Waals surface area contributed by atoms with Crippen LogP contribution in [0.25, 0.3) is 6.08 Å². The maximum Gasteiger partial charge on any atom is 0.339 e. The summed E-state index contributed by atoms with van der Waals surface area (Å²) in [5.74, 6) is 0.308. The molecule has 9 heteroatoms. The van der Waals surface area contributed by atoms with E-state index in [1.165, 1.54) is 20.1 Å². The molecule has 0 aromatic carbocycles. The first-order valence-corrected chi connectivity index (χ1v) is 11.0. The van der Waals surface area contributed by atoms with Crippen LogP contribution in [0.5, 0.6) is 5.75 Å². The third kappa shape index (κ3) is 4.74. The van der Waals surface area contributed by atoms with Crippen LogP contribution >= 0.6 is 0 Å². The van der Waals surface area contributed by atoms with Crippen LogP contribution in [0.2, 0.25) is 0 Å². The third-order valence-electron chi connectivity index (χ3n) is 6.30. The van der Waals surface area contributed by atoms with Crippen LogP contribution < -0.4 is 10.4 Å². The summed E-state index contributed by atoms with van der Waals surface area (Å²) in [6.45, 7) is 7.98. The maximum absolute atomic E-state index is 11.7. The molecule has 0 spiro atoms. The Morgan fingerprint density at radius 1 is 1.18 bits per heavy atom. The minimum atomic E-state index is -1.26. The second-order valence-corrected chi connectivity index (χ2v) is 8.92. The summed E-state index contributed by atoms with van der Waals surface area (Å²) in [7, 11) is 1.48. The Balaban J connectivity index is 1.76. The Kier molecular flexibility index (Phi) is 7.52. The molecule has 0 radical (unpaired) electrons. The van der Waals surface area contributed by atoms with Gasteiger partial charge in [0.15, 0.2) is 6.10 Å². The van der Waals surface area contributed by atoms with Gasteiger partial charge in [0.2, 0.25) is 0 Å². The van der Waals surface area contributed by atoms with Gasteiger partial charge < -0.3 is 33.6 Å². The van der Waals surface area contributed by atoms with E-state index >= 15 is 0 Å². The molecule has 9 nitrogen and oxygen atoms in total. The highest BCUT2D eigenvalue weighted by atomic mass is 16.7. The van der Waals surface area contributed by atoms with Gasteiger partial charge in [0.05, 0.1) is 19.3 Å². The number of hydrogen-bond donors (Lipinski definition) is 2. The molecule has 2 bridgehead atoms. The number of carbonyl (C=O) groups is 1. The predicted molar refractivity (Wildman–Crippen MR) is 123 cm³/mol. The van der Waals surface area contributed by atoms with Crippen LogP contribution in [-0.2, 0) is 19.0 Å². The Labute approximate surface area is 198 Å². The molecule has 3 heterocycles. The van der Waals surface area contributed by atoms with Crippen molar-refractivity contribution < 1.29 is 38.4 Å². The van der Waals surface area contributed by atoms with Crippen molar-refractivity contribution in [2.75, 3.05) is 7.11 Å². The zero-order valence-corrected chi connectivity index (χ0v) is 20.2. The minimum Gasteiger partial charge on any atom is -0.496 e. The van der Waals surface area contributed by atoms with Crippen molar-refractivity contribution in [3.63, 3.8) is 0 Å². The molecule has 186 valence electrons. The van der Waals surface area contributed by atoms with Crippen LogP contribution in [0.4, 0.5) is 0 Å². The molecule has 34 heavy (non-hydrogen) atoms. The monoisotopic (exact) mass is 476 g/mol. The molecular weight excluding hydrogens is 444 g/mol. The van der Waals surface area contributed by atoms with Gasteiger partial charge in [-0.2, -0.15) is 0 Å². The van der Waals surface area contributed by atoms with Crippen molar-refractivity contribution in [2.24, 2.45) is 0 Å². The van der Waals surface area contributed by atoms with E-state index in [9.17, 15) is 19.8 Å². The van der Waals surface area contributed by atoms with Crippen molar-refractivity contribution in [1.82, 2.24) is 0 Å². The van der Waals surface area contributed by atoms with Gasteiger partial charge in [-0.3, -0.25) is 4.79 Å². The molecule has 0 unspecified atom stereocenters. The molecule has 2 N–H and O–H groups in total. The number of aliphatic hydroxyl groups is 2. The van der Waals surface area contributed by atoms with E-state index in [0.717, 1.165) is 0 Å². The average Bonchev–Trinajstić information content (AvgIpc) is 2.93. The lowest BCUT2D eigenvalue weighted by atomic mass is 9.77. The molecule has 0 amide bonds. The van der Waals surface area contributed by atoms with Crippen molar-refractivity contribution >= 4 is 12.0 Å². The summed E-state index contributed by atoms with van der Waals surface area (Å²) in [4.78, 5) is 23.3. The molecule has 7 atom stereocenters. The largest absolute Gasteiger partial charge is 0.496 e. The van der Waals surface area contributed by atoms with Crippen LogP contribution in [0, 0.1) is 6.92 Å². The standard InChI is InChI=1S/C25H32O9/c1-14-17(32-20(28)13-19(14)30-6)11-9-7-8-10-12-18-21(29)24(4)23(31-16(3)27)25(5,33-18)22(34-24)15(2)26/h7-13,15,18,21-23,26,29H,1-6H3/t15-,18-,21-,22-,23-,24+,25+/m0/s1. The number of hydrogen-bond acceptors (Lipinski definition) is 9. The zero-order valence-electron chi connectivity index (χ0n) is 20.2. The van der Waals surface area contributed by atoms with Gasteiger partial charge in [0, 0.05) is 12.5 Å². The summed E-state index contributed by atoms with van der Waals surface area (Å²) in [6, 6.07) is 1.28. The number of carbonyl (C=O) groups excluding carboxylic acids is 1. The van der Waals surface area contributed by atoms with E-state index in [0.29, 0.717) is 17.1 Å². The van der Waals surface area contributed by atoms with Gasteiger partial charge in [-0.15, -0.1) is 0 Å². The SMILES string of the molecule is COc1cc(=O)oc(C=CC=CC=C[C@@H]2O[C@@]3(C)[C@@H](OC(C)=O)[C@](C)(O[C@H]3[C@H](C)O)[C@H]2O)c1C. The third-order valence-corrected chi connectivity index (χ3v) is 6.30. The number of rotatable bonds is 7. The fraction of sp³-hybridized carbons (Fsp3) is 0.520. The van der Waals surface area contributed by atoms with E-state index in [1.807, 2.05) is 0 Å². The van der Waals surface area contributed by atoms with Crippen LogP contribution in [0.1, 0.15) is 39.0 Å². The number of aliphatic hydroxyl groups excluding tert-OH is 2. The van der Waals surface area contributed by atoms with Gasteiger partial charge in [-0.1, -0.05) is 30.4 Å². The summed E-state index contributed by atoms with van der Waals surface area (Å²) in [6.07, 6.45) is 5.63. The van der Waals surface area contributed by atoms with Crippen LogP contribution in [-0.4, -0.2) is 65.0 Å². The Bertz CT molecular complexity index is 1050. The molecule has 1 aromatic rings. The van der Waals surface area contributed by atoms with Gasteiger partial charge in [-0.05, 0) is 33.8 Å². The second kappa shape index (κ2) is 9.87. The van der Waals surface area contributed by atoms with E-state index in [4.69, 9.17) is 23.4 Å². The fourth-order valence-electron chi connectivity index (χ4n) is 4.70. The molecule has 0 saturated carbocycles. The molecule has 2 aliphatic rings. The first-order chi connectivity index (χ1) is 15.9. The first kappa shape index (κ1) is 25.9. The number of ether oxygens (including phenoxy) is 4. The number of fused-ring (bicyclic) bond motifs is 2. The van der Waals surface area contributed by atoms with Crippen molar-refractivity contribution in [3.8, 4) is 5.75 Å². The topological polar surface area (TPSA) is 125 Å². The lowest BCUT2D eigenvalue weighted by Gasteiger charge is -2.47. The van der Waals surface area contributed by atoms with Crippen LogP contribution in [0.15, 0.2) is 45.7 Å². The van der Waals surface area contributed by atoms with Crippen molar-refractivity contribution in [1.29, 1.82) is 0 Å². The first-order valence-electron chi connectivity index (χ1n) is 11.0. The molecule has 0 aliphatic carbocycles. The molecule has 1 aromatic heterocycles. The predicted octanol–water partition coefficient (Wildman–Crippen LogP) is 2.07.